The van der Waals surface area contributed by atoms with Gasteiger partial charge >= 0.3 is 0 Å². The van der Waals surface area contributed by atoms with Gasteiger partial charge in [-0.1, -0.05) is 25.6 Å². The molecular weight excluding hydrogens is 298 g/mol. The lowest BCUT2D eigenvalue weighted by atomic mass is 10.1. The lowest BCUT2D eigenvalue weighted by Crippen LogP contribution is -2.15. The number of nitrogens with one attached hydrogen (secondary N) is 1. The van der Waals surface area contributed by atoms with Crippen LogP contribution in [0.15, 0.2) is 34.2 Å². The van der Waals surface area contributed by atoms with Gasteiger partial charge in [-0.15, -0.1) is 0 Å². The first-order valence-corrected chi connectivity index (χ1v) is 7.82. The van der Waals surface area contributed by atoms with Gasteiger partial charge in [-0.3, -0.25) is 4.79 Å². The first-order chi connectivity index (χ1) is 10.6. The molecule has 0 spiro atoms. The predicted octanol–water partition coefficient (Wildman–Crippen LogP) is 3.21. The molecule has 0 aliphatic carbocycles. The Morgan fingerprint density at radius 2 is 2.09 bits per heavy atom. The Morgan fingerprint density at radius 1 is 1.41 bits per heavy atom. The molecule has 0 saturated carbocycles. The number of nitriles is 1. The summed E-state index contributed by atoms with van der Waals surface area (Å²) in [6, 6.07) is 9.08. The van der Waals surface area contributed by atoms with Crippen LogP contribution in [0.1, 0.15) is 25.8 Å². The molecule has 5 nitrogen and oxygen atoms in total. The second kappa shape index (κ2) is 7.14. The van der Waals surface area contributed by atoms with E-state index >= 15 is 0 Å². The van der Waals surface area contributed by atoms with Crippen molar-refractivity contribution in [2.24, 2.45) is 0 Å². The minimum absolute atomic E-state index is 0.0265. The highest BCUT2D eigenvalue weighted by atomic mass is 32.2. The monoisotopic (exact) mass is 315 g/mol. The summed E-state index contributed by atoms with van der Waals surface area (Å²) >= 11 is 1.49. The molecule has 0 radical (unpaired) electrons. The van der Waals surface area contributed by atoms with Gasteiger partial charge in [-0.25, -0.2) is 4.98 Å². The molecule has 1 aromatic heterocycles. The third-order valence-corrected chi connectivity index (χ3v) is 4.41. The molecule has 2 aromatic rings. The van der Waals surface area contributed by atoms with Crippen molar-refractivity contribution in [3.63, 3.8) is 0 Å². The molecule has 0 fully saturated rings. The Morgan fingerprint density at radius 3 is 2.64 bits per heavy atom. The van der Waals surface area contributed by atoms with E-state index in [2.05, 4.69) is 23.8 Å². The minimum Gasteiger partial charge on any atom is -0.497 e. The maximum atomic E-state index is 12.1. The van der Waals surface area contributed by atoms with Crippen LogP contribution in [0.25, 0.3) is 11.3 Å². The molecule has 22 heavy (non-hydrogen) atoms. The van der Waals surface area contributed by atoms with E-state index in [1.807, 2.05) is 6.07 Å². The van der Waals surface area contributed by atoms with Gasteiger partial charge < -0.3 is 9.72 Å². The standard InChI is InChI=1S/C16H17N3O2S/c1-4-10(2)22-16-18-14(13(9-17)15(20)19-16)11-5-7-12(21-3)8-6-11/h5-8,10H,4H2,1-3H3,(H,18,19,20). The second-order valence-electron chi connectivity index (χ2n) is 4.77. The fourth-order valence-corrected chi connectivity index (χ4v) is 2.69. The van der Waals surface area contributed by atoms with E-state index in [4.69, 9.17) is 4.74 Å². The Labute approximate surface area is 133 Å². The zero-order valence-corrected chi connectivity index (χ0v) is 13.5. The number of hydrogen-bond acceptors (Lipinski definition) is 5. The first-order valence-electron chi connectivity index (χ1n) is 6.94. The highest BCUT2D eigenvalue weighted by Crippen LogP contribution is 2.26. The molecule has 0 saturated heterocycles. The lowest BCUT2D eigenvalue weighted by Gasteiger charge is -2.10. The molecule has 114 valence electrons. The van der Waals surface area contributed by atoms with Crippen molar-refractivity contribution >= 4 is 11.8 Å². The summed E-state index contributed by atoms with van der Waals surface area (Å²) in [5.74, 6) is 0.710. The van der Waals surface area contributed by atoms with E-state index in [0.29, 0.717) is 21.8 Å². The molecule has 2 rings (SSSR count). The number of ether oxygens (including phenoxy) is 1. The van der Waals surface area contributed by atoms with Gasteiger partial charge in [0.1, 0.15) is 17.4 Å². The Bertz CT molecular complexity index is 747. The maximum Gasteiger partial charge on any atom is 0.270 e. The molecule has 1 aromatic carbocycles. The quantitative estimate of drug-likeness (QED) is 0.677. The maximum absolute atomic E-state index is 12.1. The van der Waals surface area contributed by atoms with Crippen LogP contribution in [-0.4, -0.2) is 22.3 Å². The van der Waals surface area contributed by atoms with Crippen LogP contribution in [0.4, 0.5) is 0 Å². The van der Waals surface area contributed by atoms with Crippen LogP contribution < -0.4 is 10.3 Å². The van der Waals surface area contributed by atoms with Crippen molar-refractivity contribution < 1.29 is 4.74 Å². The zero-order valence-electron chi connectivity index (χ0n) is 12.7. The molecule has 0 amide bonds. The Hall–Kier alpha value is -2.26. The van der Waals surface area contributed by atoms with Crippen LogP contribution in [0.5, 0.6) is 5.75 Å². The summed E-state index contributed by atoms with van der Waals surface area (Å²) in [4.78, 5) is 19.2. The molecule has 0 aliphatic heterocycles. The summed E-state index contributed by atoms with van der Waals surface area (Å²) in [6.45, 7) is 4.14. The highest BCUT2D eigenvalue weighted by molar-refractivity contribution is 7.99. The minimum atomic E-state index is -0.408. The van der Waals surface area contributed by atoms with E-state index in [0.717, 1.165) is 12.0 Å². The van der Waals surface area contributed by atoms with Crippen molar-refractivity contribution in [2.45, 2.75) is 30.7 Å². The number of nitrogens with zero attached hydrogens (tertiary/aromatic N) is 2. The van der Waals surface area contributed by atoms with Crippen LogP contribution in [0.3, 0.4) is 0 Å². The van der Waals surface area contributed by atoms with Crippen molar-refractivity contribution in [2.75, 3.05) is 7.11 Å². The van der Waals surface area contributed by atoms with Crippen LogP contribution in [0.2, 0.25) is 0 Å². The summed E-state index contributed by atoms with van der Waals surface area (Å²) in [6.07, 6.45) is 0.965. The molecule has 6 heteroatoms. The molecule has 1 heterocycles. The van der Waals surface area contributed by atoms with Gasteiger partial charge in [-0.05, 0) is 30.7 Å². The Kier molecular flexibility index (Phi) is 5.23. The van der Waals surface area contributed by atoms with Gasteiger partial charge in [0.05, 0.1) is 12.8 Å². The zero-order chi connectivity index (χ0) is 16.1. The van der Waals surface area contributed by atoms with Crippen molar-refractivity contribution in [1.82, 2.24) is 9.97 Å². The van der Waals surface area contributed by atoms with E-state index in [-0.39, 0.29) is 5.56 Å². The number of aromatic amines is 1. The van der Waals surface area contributed by atoms with Crippen LogP contribution >= 0.6 is 11.8 Å². The van der Waals surface area contributed by atoms with Gasteiger partial charge in [0, 0.05) is 10.8 Å². The van der Waals surface area contributed by atoms with E-state index in [9.17, 15) is 10.1 Å². The number of rotatable bonds is 5. The van der Waals surface area contributed by atoms with Gasteiger partial charge in [0.15, 0.2) is 5.16 Å². The van der Waals surface area contributed by atoms with Crippen molar-refractivity contribution in [3.05, 3.63) is 40.2 Å². The Balaban J connectivity index is 2.52. The smallest absolute Gasteiger partial charge is 0.270 e. The molecule has 1 unspecified atom stereocenters. The molecular formula is C16H17N3O2S. The fourth-order valence-electron chi connectivity index (χ4n) is 1.84. The van der Waals surface area contributed by atoms with Crippen LogP contribution in [0, 0.1) is 11.3 Å². The van der Waals surface area contributed by atoms with Gasteiger partial charge in [0.2, 0.25) is 0 Å². The summed E-state index contributed by atoms with van der Waals surface area (Å²) < 4.78 is 5.12. The van der Waals surface area contributed by atoms with Gasteiger partial charge in [-0.2, -0.15) is 5.26 Å². The highest BCUT2D eigenvalue weighted by Gasteiger charge is 2.15. The number of methoxy groups -OCH3 is 1. The lowest BCUT2D eigenvalue weighted by molar-refractivity contribution is 0.415. The van der Waals surface area contributed by atoms with E-state index in [1.165, 1.54) is 11.8 Å². The predicted molar refractivity (Wildman–Crippen MR) is 87.2 cm³/mol. The van der Waals surface area contributed by atoms with Gasteiger partial charge in [0.25, 0.3) is 5.56 Å². The van der Waals surface area contributed by atoms with E-state index in [1.54, 1.807) is 31.4 Å². The number of H-pyrrole nitrogens is 1. The molecule has 0 bridgehead atoms. The molecule has 1 N–H and O–H groups in total. The van der Waals surface area contributed by atoms with Crippen LogP contribution in [-0.2, 0) is 0 Å². The second-order valence-corrected chi connectivity index (χ2v) is 6.20. The molecule has 0 aliphatic rings. The number of thioether (sulfide) groups is 1. The SMILES string of the molecule is CCC(C)Sc1nc(-c2ccc(OC)cc2)c(C#N)c(=O)[nH]1. The number of hydrogen-bond donors (Lipinski definition) is 1. The van der Waals surface area contributed by atoms with E-state index < -0.39 is 5.56 Å². The topological polar surface area (TPSA) is 78.8 Å². The third kappa shape index (κ3) is 3.49. The molecule has 1 atom stereocenters. The third-order valence-electron chi connectivity index (χ3n) is 3.26. The average Bonchev–Trinajstić information content (AvgIpc) is 2.54. The summed E-state index contributed by atoms with van der Waals surface area (Å²) in [5.41, 5.74) is 0.738. The average molecular weight is 315 g/mol. The first kappa shape index (κ1) is 16.1. The fraction of sp³-hybridized carbons (Fsp3) is 0.312. The normalized spacial score (nSPS) is 11.7. The van der Waals surface area contributed by atoms with Crippen molar-refractivity contribution in [3.8, 4) is 23.1 Å². The van der Waals surface area contributed by atoms with Crippen molar-refractivity contribution in [1.29, 1.82) is 5.26 Å². The number of benzene rings is 1. The largest absolute Gasteiger partial charge is 0.497 e. The summed E-state index contributed by atoms with van der Waals surface area (Å²) in [5, 5.41) is 10.1. The summed E-state index contributed by atoms with van der Waals surface area (Å²) in [7, 11) is 1.59. The number of aromatic nitrogens is 2.